The van der Waals surface area contributed by atoms with Gasteiger partial charge in [-0.05, 0) is 56.3 Å². The van der Waals surface area contributed by atoms with E-state index in [0.29, 0.717) is 17.2 Å². The lowest BCUT2D eigenvalue weighted by molar-refractivity contribution is -0.143. The van der Waals surface area contributed by atoms with E-state index in [9.17, 15) is 14.0 Å². The van der Waals surface area contributed by atoms with E-state index in [2.05, 4.69) is 4.99 Å². The lowest BCUT2D eigenvalue weighted by Crippen LogP contribution is -2.23. The number of halogens is 1. The van der Waals surface area contributed by atoms with Crippen LogP contribution < -0.4 is 9.54 Å². The highest BCUT2D eigenvalue weighted by molar-refractivity contribution is 7.16. The van der Waals surface area contributed by atoms with Crippen LogP contribution in [0.2, 0.25) is 0 Å². The summed E-state index contributed by atoms with van der Waals surface area (Å²) >= 11 is 1.26. The molecule has 3 aromatic rings. The molecule has 28 heavy (non-hydrogen) atoms. The number of thiazole rings is 1. The number of esters is 1. The third-order valence-electron chi connectivity index (χ3n) is 3.85. The summed E-state index contributed by atoms with van der Waals surface area (Å²) in [5.74, 6) is -0.684. The van der Waals surface area contributed by atoms with Crippen LogP contribution in [0, 0.1) is 5.82 Å². The SMILES string of the molecule is CCOC(=O)Cn1c(=NC(=O)c2ccc(F)cc2)sc2cc(OCC)ccc21. The molecule has 0 fully saturated rings. The first-order valence-corrected chi connectivity index (χ1v) is 9.60. The highest BCUT2D eigenvalue weighted by atomic mass is 32.1. The first-order valence-electron chi connectivity index (χ1n) is 8.78. The Morgan fingerprint density at radius 2 is 1.86 bits per heavy atom. The van der Waals surface area contributed by atoms with Gasteiger partial charge in [0.05, 0.1) is 23.4 Å². The van der Waals surface area contributed by atoms with Crippen molar-refractivity contribution >= 4 is 33.4 Å². The highest BCUT2D eigenvalue weighted by Crippen LogP contribution is 2.23. The summed E-state index contributed by atoms with van der Waals surface area (Å²) in [7, 11) is 0. The van der Waals surface area contributed by atoms with E-state index in [1.807, 2.05) is 19.1 Å². The van der Waals surface area contributed by atoms with Gasteiger partial charge < -0.3 is 14.0 Å². The van der Waals surface area contributed by atoms with Gasteiger partial charge >= 0.3 is 5.97 Å². The second kappa shape index (κ2) is 8.79. The van der Waals surface area contributed by atoms with Crippen molar-refractivity contribution in [3.63, 3.8) is 0 Å². The number of ether oxygens (including phenoxy) is 2. The molecular formula is C20H19FN2O4S. The van der Waals surface area contributed by atoms with Crippen LogP contribution in [0.25, 0.3) is 10.2 Å². The van der Waals surface area contributed by atoms with Gasteiger partial charge in [-0.3, -0.25) is 9.59 Å². The zero-order valence-electron chi connectivity index (χ0n) is 15.5. The average Bonchev–Trinajstić information content (AvgIpc) is 2.99. The van der Waals surface area contributed by atoms with Crippen LogP contribution in [-0.4, -0.2) is 29.7 Å². The number of hydrogen-bond acceptors (Lipinski definition) is 5. The zero-order valence-corrected chi connectivity index (χ0v) is 16.3. The Morgan fingerprint density at radius 1 is 1.11 bits per heavy atom. The largest absolute Gasteiger partial charge is 0.494 e. The minimum absolute atomic E-state index is 0.0721. The van der Waals surface area contributed by atoms with Gasteiger partial charge in [0, 0.05) is 5.56 Å². The van der Waals surface area contributed by atoms with Crippen LogP contribution in [0.15, 0.2) is 47.5 Å². The Kier molecular flexibility index (Phi) is 6.20. The minimum atomic E-state index is -0.519. The molecule has 1 amide bonds. The van der Waals surface area contributed by atoms with Crippen LogP contribution in [0.5, 0.6) is 5.75 Å². The van der Waals surface area contributed by atoms with Crippen LogP contribution in [0.3, 0.4) is 0 Å². The fourth-order valence-corrected chi connectivity index (χ4v) is 3.68. The molecule has 0 atom stereocenters. The van der Waals surface area contributed by atoms with E-state index >= 15 is 0 Å². The summed E-state index contributed by atoms with van der Waals surface area (Å²) in [6, 6.07) is 10.6. The molecule has 0 saturated heterocycles. The molecule has 0 spiro atoms. The van der Waals surface area contributed by atoms with Crippen molar-refractivity contribution in [3.05, 3.63) is 58.6 Å². The molecule has 2 aromatic carbocycles. The lowest BCUT2D eigenvalue weighted by Gasteiger charge is -2.06. The molecule has 0 saturated carbocycles. The van der Waals surface area contributed by atoms with Gasteiger partial charge in [0.15, 0.2) is 4.80 Å². The smallest absolute Gasteiger partial charge is 0.326 e. The Labute approximate surface area is 164 Å². The third-order valence-corrected chi connectivity index (χ3v) is 4.89. The van der Waals surface area contributed by atoms with Gasteiger partial charge in [-0.15, -0.1) is 0 Å². The number of amides is 1. The molecule has 1 aromatic heterocycles. The second-order valence-corrected chi connectivity index (χ2v) is 6.77. The molecule has 0 bridgehead atoms. The maximum absolute atomic E-state index is 13.1. The van der Waals surface area contributed by atoms with E-state index in [0.717, 1.165) is 10.2 Å². The molecular weight excluding hydrogens is 383 g/mol. The number of nitrogens with zero attached hydrogens (tertiary/aromatic N) is 2. The molecule has 0 radical (unpaired) electrons. The average molecular weight is 402 g/mol. The van der Waals surface area contributed by atoms with Gasteiger partial charge in [-0.2, -0.15) is 4.99 Å². The molecule has 3 rings (SSSR count). The Hall–Kier alpha value is -3.00. The number of aromatic nitrogens is 1. The highest BCUT2D eigenvalue weighted by Gasteiger charge is 2.13. The van der Waals surface area contributed by atoms with Crippen LogP contribution in [-0.2, 0) is 16.1 Å². The summed E-state index contributed by atoms with van der Waals surface area (Å²) in [4.78, 5) is 29.0. The van der Waals surface area contributed by atoms with Crippen LogP contribution >= 0.6 is 11.3 Å². The van der Waals surface area contributed by atoms with Gasteiger partial charge in [0.1, 0.15) is 18.1 Å². The van der Waals surface area contributed by atoms with Gasteiger partial charge in [0.2, 0.25) is 0 Å². The lowest BCUT2D eigenvalue weighted by atomic mass is 10.2. The number of rotatable bonds is 6. The molecule has 0 aliphatic rings. The van der Waals surface area contributed by atoms with Crippen LogP contribution in [0.1, 0.15) is 24.2 Å². The quantitative estimate of drug-likeness (QED) is 0.592. The van der Waals surface area contributed by atoms with E-state index in [4.69, 9.17) is 9.47 Å². The fraction of sp³-hybridized carbons (Fsp3) is 0.250. The van der Waals surface area contributed by atoms with Crippen molar-refractivity contribution in [3.8, 4) is 5.75 Å². The zero-order chi connectivity index (χ0) is 20.1. The van der Waals surface area contributed by atoms with Crippen molar-refractivity contribution < 1.29 is 23.5 Å². The van der Waals surface area contributed by atoms with Gasteiger partial charge in [0.25, 0.3) is 5.91 Å². The Morgan fingerprint density at radius 3 is 2.54 bits per heavy atom. The third kappa shape index (κ3) is 4.45. The van der Waals surface area contributed by atoms with Gasteiger partial charge in [-0.1, -0.05) is 11.3 Å². The maximum Gasteiger partial charge on any atom is 0.326 e. The minimum Gasteiger partial charge on any atom is -0.494 e. The molecule has 6 nitrogen and oxygen atoms in total. The van der Waals surface area contributed by atoms with E-state index in [1.54, 1.807) is 17.6 Å². The molecule has 146 valence electrons. The van der Waals surface area contributed by atoms with Crippen molar-refractivity contribution in [1.82, 2.24) is 4.57 Å². The molecule has 1 heterocycles. The number of carbonyl (C=O) groups is 2. The molecule has 0 aliphatic carbocycles. The summed E-state index contributed by atoms with van der Waals surface area (Å²) in [6.45, 7) is 4.34. The Balaban J connectivity index is 2.08. The first-order chi connectivity index (χ1) is 13.5. The van der Waals surface area contributed by atoms with Crippen molar-refractivity contribution in [2.24, 2.45) is 4.99 Å². The molecule has 8 heteroatoms. The predicted molar refractivity (Wildman–Crippen MR) is 104 cm³/mol. The van der Waals surface area contributed by atoms with E-state index in [-0.39, 0.29) is 18.7 Å². The monoisotopic (exact) mass is 402 g/mol. The number of hydrogen-bond donors (Lipinski definition) is 0. The predicted octanol–water partition coefficient (Wildman–Crippen LogP) is 3.54. The Bertz CT molecular complexity index is 1070. The topological polar surface area (TPSA) is 69.9 Å². The standard InChI is InChI=1S/C20H19FN2O4S/c1-3-26-15-9-10-16-17(11-15)28-20(23(16)12-18(24)27-4-2)22-19(25)13-5-7-14(21)8-6-13/h5-11H,3-4,12H2,1-2H3. The van der Waals surface area contributed by atoms with Crippen LogP contribution in [0.4, 0.5) is 4.39 Å². The van der Waals surface area contributed by atoms with Crippen molar-refractivity contribution in [2.45, 2.75) is 20.4 Å². The van der Waals surface area contributed by atoms with Crippen molar-refractivity contribution in [2.75, 3.05) is 13.2 Å². The van der Waals surface area contributed by atoms with E-state index in [1.165, 1.54) is 35.6 Å². The summed E-state index contributed by atoms with van der Waals surface area (Å²) < 4.78 is 26.1. The molecule has 0 unspecified atom stereocenters. The summed E-state index contributed by atoms with van der Waals surface area (Å²) in [5, 5.41) is 0. The number of benzene rings is 2. The van der Waals surface area contributed by atoms with E-state index < -0.39 is 17.7 Å². The first kappa shape index (κ1) is 19.8. The number of fused-ring (bicyclic) bond motifs is 1. The normalized spacial score (nSPS) is 11.6. The fourth-order valence-electron chi connectivity index (χ4n) is 2.63. The maximum atomic E-state index is 13.1. The summed E-state index contributed by atoms with van der Waals surface area (Å²) in [6.07, 6.45) is 0. The molecule has 0 N–H and O–H groups in total. The summed E-state index contributed by atoms with van der Waals surface area (Å²) in [5.41, 5.74) is 1.00. The molecule has 0 aliphatic heterocycles. The second-order valence-electron chi connectivity index (χ2n) is 5.76. The van der Waals surface area contributed by atoms with Crippen molar-refractivity contribution in [1.29, 1.82) is 0 Å². The van der Waals surface area contributed by atoms with Gasteiger partial charge in [-0.25, -0.2) is 4.39 Å². The number of carbonyl (C=O) groups excluding carboxylic acids is 2.